The van der Waals surface area contributed by atoms with Gasteiger partial charge >= 0.3 is 5.69 Å². The Morgan fingerprint density at radius 3 is 3.00 bits per heavy atom. The molecule has 1 aromatic heterocycles. The molecule has 1 aliphatic heterocycles. The van der Waals surface area contributed by atoms with Gasteiger partial charge in [0.25, 0.3) is 0 Å². The van der Waals surface area contributed by atoms with Gasteiger partial charge in [0.15, 0.2) is 0 Å². The number of hydrogen-bond acceptors (Lipinski definition) is 6. The predicted octanol–water partition coefficient (Wildman–Crippen LogP) is 0.760. The SMILES string of the molecule is CNC1CCCN(c2ccc([N+](=O)[O-])c(N)n2)C1. The second-order valence-electron chi connectivity index (χ2n) is 4.40. The fourth-order valence-electron chi connectivity index (χ4n) is 2.21. The molecule has 0 spiro atoms. The molecule has 0 aliphatic carbocycles. The van der Waals surface area contributed by atoms with Crippen molar-refractivity contribution in [2.24, 2.45) is 0 Å². The van der Waals surface area contributed by atoms with E-state index in [-0.39, 0.29) is 11.5 Å². The van der Waals surface area contributed by atoms with Crippen molar-refractivity contribution in [1.82, 2.24) is 10.3 Å². The molecule has 1 fully saturated rings. The lowest BCUT2D eigenvalue weighted by molar-refractivity contribution is -0.384. The van der Waals surface area contributed by atoms with Crippen LogP contribution in [-0.2, 0) is 0 Å². The van der Waals surface area contributed by atoms with Crippen molar-refractivity contribution in [2.45, 2.75) is 18.9 Å². The van der Waals surface area contributed by atoms with E-state index in [1.165, 1.54) is 6.07 Å². The quantitative estimate of drug-likeness (QED) is 0.608. The van der Waals surface area contributed by atoms with E-state index in [4.69, 9.17) is 5.73 Å². The highest BCUT2D eigenvalue weighted by molar-refractivity contribution is 5.58. The zero-order valence-electron chi connectivity index (χ0n) is 10.3. The summed E-state index contributed by atoms with van der Waals surface area (Å²) in [5.74, 6) is 0.683. The third kappa shape index (κ3) is 2.51. The van der Waals surface area contributed by atoms with Gasteiger partial charge in [0.05, 0.1) is 4.92 Å². The van der Waals surface area contributed by atoms with Crippen LogP contribution in [0.3, 0.4) is 0 Å². The van der Waals surface area contributed by atoms with Crippen molar-refractivity contribution in [3.63, 3.8) is 0 Å². The van der Waals surface area contributed by atoms with Crippen LogP contribution in [0.4, 0.5) is 17.3 Å². The zero-order chi connectivity index (χ0) is 13.1. The third-order valence-electron chi connectivity index (χ3n) is 3.24. The number of likely N-dealkylation sites (N-methyl/N-ethyl adjacent to an activating group) is 1. The molecule has 1 atom stereocenters. The van der Waals surface area contributed by atoms with Crippen molar-refractivity contribution in [2.75, 3.05) is 30.8 Å². The van der Waals surface area contributed by atoms with Crippen LogP contribution in [0.5, 0.6) is 0 Å². The van der Waals surface area contributed by atoms with Gasteiger partial charge in [-0.1, -0.05) is 0 Å². The molecule has 2 rings (SSSR count). The summed E-state index contributed by atoms with van der Waals surface area (Å²) >= 11 is 0. The lowest BCUT2D eigenvalue weighted by atomic mass is 10.1. The molecule has 1 unspecified atom stereocenters. The Kier molecular flexibility index (Phi) is 3.61. The number of piperidine rings is 1. The van der Waals surface area contributed by atoms with Crippen LogP contribution >= 0.6 is 0 Å². The summed E-state index contributed by atoms with van der Waals surface area (Å²) in [4.78, 5) is 16.4. The van der Waals surface area contributed by atoms with Crippen LogP contribution in [-0.4, -0.2) is 36.1 Å². The fraction of sp³-hybridized carbons (Fsp3) is 0.545. The Hall–Kier alpha value is -1.89. The number of hydrogen-bond donors (Lipinski definition) is 2. The van der Waals surface area contributed by atoms with Crippen LogP contribution in [0.25, 0.3) is 0 Å². The van der Waals surface area contributed by atoms with E-state index in [1.54, 1.807) is 6.07 Å². The number of nitrogen functional groups attached to an aromatic ring is 1. The van der Waals surface area contributed by atoms with Crippen molar-refractivity contribution in [1.29, 1.82) is 0 Å². The minimum atomic E-state index is -0.515. The number of pyridine rings is 1. The molecule has 1 saturated heterocycles. The maximum atomic E-state index is 10.7. The summed E-state index contributed by atoms with van der Waals surface area (Å²) in [7, 11) is 1.94. The second-order valence-corrected chi connectivity index (χ2v) is 4.40. The summed E-state index contributed by atoms with van der Waals surface area (Å²) in [6.07, 6.45) is 2.21. The van der Waals surface area contributed by atoms with Crippen LogP contribution < -0.4 is 16.0 Å². The highest BCUT2D eigenvalue weighted by Gasteiger charge is 2.21. The summed E-state index contributed by atoms with van der Waals surface area (Å²) in [5.41, 5.74) is 5.46. The maximum Gasteiger partial charge on any atom is 0.311 e. The molecule has 1 aliphatic rings. The first-order valence-corrected chi connectivity index (χ1v) is 5.95. The summed E-state index contributed by atoms with van der Waals surface area (Å²) in [6.45, 7) is 1.75. The predicted molar refractivity (Wildman–Crippen MR) is 69.6 cm³/mol. The van der Waals surface area contributed by atoms with Crippen LogP contribution in [0.2, 0.25) is 0 Å². The van der Waals surface area contributed by atoms with Gasteiger partial charge in [-0.3, -0.25) is 10.1 Å². The van der Waals surface area contributed by atoms with E-state index in [2.05, 4.69) is 15.2 Å². The molecule has 7 heteroatoms. The minimum absolute atomic E-state index is 0.0240. The van der Waals surface area contributed by atoms with Gasteiger partial charge in [-0.15, -0.1) is 0 Å². The van der Waals surface area contributed by atoms with E-state index in [1.807, 2.05) is 7.05 Å². The van der Waals surface area contributed by atoms with Crippen molar-refractivity contribution >= 4 is 17.3 Å². The van der Waals surface area contributed by atoms with Gasteiger partial charge in [-0.25, -0.2) is 4.98 Å². The van der Waals surface area contributed by atoms with Gasteiger partial charge in [0, 0.05) is 25.2 Å². The first-order valence-electron chi connectivity index (χ1n) is 5.95. The number of nitro groups is 1. The number of nitrogens with one attached hydrogen (secondary N) is 1. The van der Waals surface area contributed by atoms with Crippen LogP contribution in [0.15, 0.2) is 12.1 Å². The first kappa shape index (κ1) is 12.6. The van der Waals surface area contributed by atoms with Crippen LogP contribution in [0.1, 0.15) is 12.8 Å². The Morgan fingerprint density at radius 1 is 1.61 bits per heavy atom. The lowest BCUT2D eigenvalue weighted by Gasteiger charge is -2.33. The van der Waals surface area contributed by atoms with Crippen molar-refractivity contribution in [3.05, 3.63) is 22.2 Å². The Morgan fingerprint density at radius 2 is 2.39 bits per heavy atom. The van der Waals surface area contributed by atoms with E-state index in [9.17, 15) is 10.1 Å². The second kappa shape index (κ2) is 5.18. The molecule has 98 valence electrons. The molecular formula is C11H17N5O2. The van der Waals surface area contributed by atoms with Gasteiger partial charge < -0.3 is 16.0 Å². The topological polar surface area (TPSA) is 97.3 Å². The fourth-order valence-corrected chi connectivity index (χ4v) is 2.21. The minimum Gasteiger partial charge on any atom is -0.378 e. The molecule has 7 nitrogen and oxygen atoms in total. The zero-order valence-corrected chi connectivity index (χ0v) is 10.3. The number of nitrogens with two attached hydrogens (primary N) is 1. The highest BCUT2D eigenvalue weighted by atomic mass is 16.6. The van der Waals surface area contributed by atoms with Gasteiger partial charge in [-0.05, 0) is 26.0 Å². The Labute approximate surface area is 105 Å². The molecule has 3 N–H and O–H groups in total. The highest BCUT2D eigenvalue weighted by Crippen LogP contribution is 2.24. The molecular weight excluding hydrogens is 234 g/mol. The van der Waals surface area contributed by atoms with Crippen LogP contribution in [0, 0.1) is 10.1 Å². The van der Waals surface area contributed by atoms with Gasteiger partial charge in [-0.2, -0.15) is 0 Å². The summed E-state index contributed by atoms with van der Waals surface area (Å²) in [5, 5.41) is 13.9. The van der Waals surface area contributed by atoms with E-state index in [0.29, 0.717) is 11.9 Å². The Balaban J connectivity index is 2.18. The molecule has 2 heterocycles. The molecule has 0 aromatic carbocycles. The molecule has 0 bridgehead atoms. The summed E-state index contributed by atoms with van der Waals surface area (Å²) < 4.78 is 0. The van der Waals surface area contributed by atoms with E-state index >= 15 is 0 Å². The molecule has 0 amide bonds. The van der Waals surface area contributed by atoms with Crippen molar-refractivity contribution < 1.29 is 4.92 Å². The average molecular weight is 251 g/mol. The van der Waals surface area contributed by atoms with Gasteiger partial charge in [0.1, 0.15) is 5.82 Å². The smallest absolute Gasteiger partial charge is 0.311 e. The number of nitrogens with zero attached hydrogens (tertiary/aromatic N) is 3. The maximum absolute atomic E-state index is 10.7. The average Bonchev–Trinajstić information content (AvgIpc) is 2.38. The lowest BCUT2D eigenvalue weighted by Crippen LogP contribution is -2.44. The third-order valence-corrected chi connectivity index (χ3v) is 3.24. The van der Waals surface area contributed by atoms with E-state index < -0.39 is 4.92 Å². The normalized spacial score (nSPS) is 19.8. The van der Waals surface area contributed by atoms with Gasteiger partial charge in [0.2, 0.25) is 5.82 Å². The number of anilines is 2. The standard InChI is InChI=1S/C11H17N5O2/c1-13-8-3-2-6-15(7-8)10-5-4-9(16(17)18)11(12)14-10/h4-5,8,13H,2-3,6-7H2,1H3,(H2,12,14). The molecule has 0 radical (unpaired) electrons. The molecule has 0 saturated carbocycles. The molecule has 18 heavy (non-hydrogen) atoms. The number of aromatic nitrogens is 1. The summed E-state index contributed by atoms with van der Waals surface area (Å²) in [6, 6.07) is 3.50. The monoisotopic (exact) mass is 251 g/mol. The van der Waals surface area contributed by atoms with E-state index in [0.717, 1.165) is 25.9 Å². The first-order chi connectivity index (χ1) is 8.61. The Bertz CT molecular complexity index is 451. The number of rotatable bonds is 3. The van der Waals surface area contributed by atoms with Crippen molar-refractivity contribution in [3.8, 4) is 0 Å². The largest absolute Gasteiger partial charge is 0.378 e. The molecule has 1 aromatic rings.